The molecule has 1 aromatic rings. The van der Waals surface area contributed by atoms with Gasteiger partial charge in [0, 0.05) is 0 Å². The zero-order chi connectivity index (χ0) is 11.1. The second-order valence-electron chi connectivity index (χ2n) is 4.20. The van der Waals surface area contributed by atoms with Crippen LogP contribution < -0.4 is 0 Å². The number of rotatable bonds is 5. The van der Waals surface area contributed by atoms with Crippen LogP contribution in [0.25, 0.3) is 6.08 Å². The van der Waals surface area contributed by atoms with Gasteiger partial charge < -0.3 is 5.11 Å². The molecule has 0 aliphatic rings. The Morgan fingerprint density at radius 3 is 2.53 bits per heavy atom. The van der Waals surface area contributed by atoms with E-state index in [-0.39, 0.29) is 0 Å². The van der Waals surface area contributed by atoms with Gasteiger partial charge in [-0.15, -0.1) is 0 Å². The normalized spacial score (nSPS) is 15.4. The zero-order valence-electron chi connectivity index (χ0n) is 9.61. The molecular formula is C14H20O. The lowest BCUT2D eigenvalue weighted by molar-refractivity contribution is 0.1000. The summed E-state index contributed by atoms with van der Waals surface area (Å²) in [7, 11) is 0. The van der Waals surface area contributed by atoms with Gasteiger partial charge in [-0.2, -0.15) is 0 Å². The highest BCUT2D eigenvalue weighted by Crippen LogP contribution is 2.16. The third kappa shape index (κ3) is 4.80. The van der Waals surface area contributed by atoms with Crippen molar-refractivity contribution in [2.75, 3.05) is 0 Å². The second kappa shape index (κ2) is 5.72. The molecule has 0 aliphatic carbocycles. The molecule has 0 fully saturated rings. The molecule has 15 heavy (non-hydrogen) atoms. The molecular weight excluding hydrogens is 184 g/mol. The van der Waals surface area contributed by atoms with Crippen LogP contribution >= 0.6 is 0 Å². The Morgan fingerprint density at radius 1 is 1.27 bits per heavy atom. The van der Waals surface area contributed by atoms with Gasteiger partial charge in [-0.25, -0.2) is 0 Å². The van der Waals surface area contributed by atoms with Gasteiger partial charge in [-0.3, -0.25) is 0 Å². The smallest absolute Gasteiger partial charge is 0.0802 e. The van der Waals surface area contributed by atoms with E-state index in [1.165, 1.54) is 0 Å². The maximum atomic E-state index is 10.0. The van der Waals surface area contributed by atoms with Gasteiger partial charge in [-0.1, -0.05) is 62.2 Å². The fourth-order valence-electron chi connectivity index (χ4n) is 1.46. The number of benzene rings is 1. The minimum absolute atomic E-state index is 0.675. The van der Waals surface area contributed by atoms with Gasteiger partial charge >= 0.3 is 0 Å². The molecule has 1 nitrogen and oxygen atoms in total. The van der Waals surface area contributed by atoms with Crippen molar-refractivity contribution in [1.29, 1.82) is 0 Å². The molecule has 0 aliphatic heterocycles. The van der Waals surface area contributed by atoms with E-state index in [1.807, 2.05) is 49.4 Å². The summed E-state index contributed by atoms with van der Waals surface area (Å²) in [6.45, 7) is 4.00. The lowest BCUT2D eigenvalue weighted by Gasteiger charge is -2.18. The quantitative estimate of drug-likeness (QED) is 0.776. The highest BCUT2D eigenvalue weighted by atomic mass is 16.3. The summed E-state index contributed by atoms with van der Waals surface area (Å²) in [6, 6.07) is 10.1. The van der Waals surface area contributed by atoms with Crippen LogP contribution in [0, 0.1) is 0 Å². The van der Waals surface area contributed by atoms with Crippen molar-refractivity contribution in [3.63, 3.8) is 0 Å². The van der Waals surface area contributed by atoms with E-state index in [4.69, 9.17) is 0 Å². The number of unbranched alkanes of at least 4 members (excludes halogenated alkanes) is 1. The molecule has 0 aromatic heterocycles. The van der Waals surface area contributed by atoms with Gasteiger partial charge in [0.05, 0.1) is 5.60 Å². The van der Waals surface area contributed by atoms with Crippen molar-refractivity contribution in [3.05, 3.63) is 42.0 Å². The Morgan fingerprint density at radius 2 is 1.93 bits per heavy atom. The van der Waals surface area contributed by atoms with Crippen molar-refractivity contribution in [2.45, 2.75) is 38.7 Å². The minimum atomic E-state index is -0.675. The van der Waals surface area contributed by atoms with Crippen molar-refractivity contribution in [2.24, 2.45) is 0 Å². The molecule has 0 spiro atoms. The summed E-state index contributed by atoms with van der Waals surface area (Å²) in [5, 5.41) is 10.0. The van der Waals surface area contributed by atoms with E-state index in [0.717, 1.165) is 24.8 Å². The highest BCUT2D eigenvalue weighted by Gasteiger charge is 2.14. The third-order valence-electron chi connectivity index (χ3n) is 2.47. The van der Waals surface area contributed by atoms with Crippen LogP contribution in [0.4, 0.5) is 0 Å². The Kier molecular flexibility index (Phi) is 4.57. The molecule has 0 saturated carbocycles. The first-order valence-electron chi connectivity index (χ1n) is 5.61. The molecule has 0 radical (unpaired) electrons. The molecule has 82 valence electrons. The van der Waals surface area contributed by atoms with E-state index >= 15 is 0 Å². The summed E-state index contributed by atoms with van der Waals surface area (Å²) >= 11 is 0. The fraction of sp³-hybridized carbons (Fsp3) is 0.429. The Labute approximate surface area is 92.5 Å². The van der Waals surface area contributed by atoms with Crippen LogP contribution in [0.5, 0.6) is 0 Å². The van der Waals surface area contributed by atoms with Crippen LogP contribution in [-0.2, 0) is 0 Å². The molecule has 1 atom stereocenters. The molecule has 1 N–H and O–H groups in total. The molecule has 0 amide bonds. The van der Waals surface area contributed by atoms with Crippen LogP contribution in [0.1, 0.15) is 38.7 Å². The predicted octanol–water partition coefficient (Wildman–Crippen LogP) is 3.64. The fourth-order valence-corrected chi connectivity index (χ4v) is 1.46. The zero-order valence-corrected chi connectivity index (χ0v) is 9.61. The van der Waals surface area contributed by atoms with Crippen LogP contribution in [-0.4, -0.2) is 10.7 Å². The van der Waals surface area contributed by atoms with Crippen LogP contribution in [0.2, 0.25) is 0 Å². The molecule has 1 rings (SSSR count). The Balaban J connectivity index is 2.56. The van der Waals surface area contributed by atoms with E-state index in [2.05, 4.69) is 6.92 Å². The van der Waals surface area contributed by atoms with Crippen molar-refractivity contribution < 1.29 is 5.11 Å². The number of hydrogen-bond donors (Lipinski definition) is 1. The summed E-state index contributed by atoms with van der Waals surface area (Å²) in [6.07, 6.45) is 6.88. The predicted molar refractivity (Wildman–Crippen MR) is 65.6 cm³/mol. The van der Waals surface area contributed by atoms with Crippen LogP contribution in [0.15, 0.2) is 36.4 Å². The van der Waals surface area contributed by atoms with Crippen molar-refractivity contribution in [3.8, 4) is 0 Å². The average molecular weight is 204 g/mol. The first-order chi connectivity index (χ1) is 7.14. The Bertz CT molecular complexity index is 298. The first kappa shape index (κ1) is 12.0. The summed E-state index contributed by atoms with van der Waals surface area (Å²) in [5.74, 6) is 0. The monoisotopic (exact) mass is 204 g/mol. The third-order valence-corrected chi connectivity index (χ3v) is 2.47. The van der Waals surface area contributed by atoms with Gasteiger partial charge in [0.1, 0.15) is 0 Å². The van der Waals surface area contributed by atoms with Crippen molar-refractivity contribution >= 4 is 6.08 Å². The lowest BCUT2D eigenvalue weighted by atomic mass is 9.98. The Hall–Kier alpha value is -1.08. The van der Waals surface area contributed by atoms with Gasteiger partial charge in [0.25, 0.3) is 0 Å². The molecule has 0 saturated heterocycles. The molecule has 0 heterocycles. The minimum Gasteiger partial charge on any atom is -0.386 e. The summed E-state index contributed by atoms with van der Waals surface area (Å²) in [5.41, 5.74) is 0.459. The van der Waals surface area contributed by atoms with Gasteiger partial charge in [0.15, 0.2) is 0 Å². The molecule has 1 unspecified atom stereocenters. The topological polar surface area (TPSA) is 20.2 Å². The SMILES string of the molecule is CCCCC(C)(O)C=Cc1ccccc1. The van der Waals surface area contributed by atoms with Crippen LogP contribution in [0.3, 0.4) is 0 Å². The van der Waals surface area contributed by atoms with Crippen molar-refractivity contribution in [1.82, 2.24) is 0 Å². The lowest BCUT2D eigenvalue weighted by Crippen LogP contribution is -2.19. The summed E-state index contributed by atoms with van der Waals surface area (Å²) in [4.78, 5) is 0. The summed E-state index contributed by atoms with van der Waals surface area (Å²) < 4.78 is 0. The van der Waals surface area contributed by atoms with Gasteiger partial charge in [-0.05, 0) is 18.9 Å². The maximum absolute atomic E-state index is 10.0. The largest absolute Gasteiger partial charge is 0.386 e. The standard InChI is InChI=1S/C14H20O/c1-3-4-11-14(2,15)12-10-13-8-6-5-7-9-13/h5-10,12,15H,3-4,11H2,1-2H3. The maximum Gasteiger partial charge on any atom is 0.0802 e. The molecule has 1 heteroatoms. The number of aliphatic hydroxyl groups is 1. The van der Waals surface area contributed by atoms with E-state index in [0.29, 0.717) is 0 Å². The first-order valence-corrected chi connectivity index (χ1v) is 5.61. The number of hydrogen-bond acceptors (Lipinski definition) is 1. The highest BCUT2D eigenvalue weighted by molar-refractivity contribution is 5.49. The van der Waals surface area contributed by atoms with E-state index in [1.54, 1.807) is 0 Å². The average Bonchev–Trinajstić information content (AvgIpc) is 2.25. The molecule has 1 aromatic carbocycles. The molecule has 0 bridgehead atoms. The second-order valence-corrected chi connectivity index (χ2v) is 4.20. The van der Waals surface area contributed by atoms with E-state index in [9.17, 15) is 5.11 Å². The van der Waals surface area contributed by atoms with Gasteiger partial charge in [0.2, 0.25) is 0 Å². The van der Waals surface area contributed by atoms with E-state index < -0.39 is 5.60 Å².